The van der Waals surface area contributed by atoms with Gasteiger partial charge < -0.3 is 15.4 Å². The van der Waals surface area contributed by atoms with Gasteiger partial charge in [-0.05, 0) is 25.0 Å². The third kappa shape index (κ3) is 4.72. The van der Waals surface area contributed by atoms with Gasteiger partial charge in [0.2, 0.25) is 5.91 Å². The molecule has 1 atom stereocenters. The van der Waals surface area contributed by atoms with Gasteiger partial charge in [0.05, 0.1) is 6.04 Å². The van der Waals surface area contributed by atoms with E-state index >= 15 is 0 Å². The minimum atomic E-state index is -0.349. The van der Waals surface area contributed by atoms with Crippen molar-refractivity contribution in [2.75, 3.05) is 38.3 Å². The van der Waals surface area contributed by atoms with Crippen LogP contribution in [0.25, 0.3) is 0 Å². The van der Waals surface area contributed by atoms with Crippen LogP contribution in [0.1, 0.15) is 19.3 Å². The molecule has 2 N–H and O–H groups in total. The highest BCUT2D eigenvalue weighted by molar-refractivity contribution is 7.99. The minimum absolute atomic E-state index is 0.110. The highest BCUT2D eigenvalue weighted by Crippen LogP contribution is 2.11. The van der Waals surface area contributed by atoms with E-state index in [0.29, 0.717) is 6.61 Å². The summed E-state index contributed by atoms with van der Waals surface area (Å²) in [4.78, 5) is 13.9. The van der Waals surface area contributed by atoms with E-state index in [-0.39, 0.29) is 11.9 Å². The zero-order chi connectivity index (χ0) is 11.8. The summed E-state index contributed by atoms with van der Waals surface area (Å²) in [5.74, 6) is 2.30. The van der Waals surface area contributed by atoms with Gasteiger partial charge in [0.1, 0.15) is 0 Å². The van der Waals surface area contributed by atoms with Gasteiger partial charge in [-0.3, -0.25) is 4.79 Å². The molecule has 4 nitrogen and oxygen atoms in total. The number of carbonyl (C=O) groups is 1. The van der Waals surface area contributed by atoms with E-state index in [1.807, 2.05) is 16.7 Å². The van der Waals surface area contributed by atoms with E-state index in [1.54, 1.807) is 7.11 Å². The molecule has 94 valence electrons. The number of hydrogen-bond acceptors (Lipinski definition) is 4. The normalized spacial score (nSPS) is 19.2. The van der Waals surface area contributed by atoms with Gasteiger partial charge in [-0.15, -0.1) is 0 Å². The lowest BCUT2D eigenvalue weighted by Crippen LogP contribution is -2.44. The van der Waals surface area contributed by atoms with Crippen molar-refractivity contribution in [2.24, 2.45) is 5.73 Å². The fourth-order valence-corrected chi connectivity index (χ4v) is 2.66. The Bertz CT molecular complexity index is 206. The van der Waals surface area contributed by atoms with Crippen LogP contribution in [0.3, 0.4) is 0 Å². The van der Waals surface area contributed by atoms with Gasteiger partial charge in [0, 0.05) is 32.6 Å². The molecule has 0 aromatic carbocycles. The lowest BCUT2D eigenvalue weighted by Gasteiger charge is -2.23. The third-order valence-corrected chi connectivity index (χ3v) is 3.76. The molecule has 0 spiro atoms. The number of thioether (sulfide) groups is 1. The first kappa shape index (κ1) is 13.8. The van der Waals surface area contributed by atoms with Gasteiger partial charge in [0.25, 0.3) is 0 Å². The summed E-state index contributed by atoms with van der Waals surface area (Å²) in [6.45, 7) is 2.39. The third-order valence-electron chi connectivity index (χ3n) is 2.71. The molecule has 5 heteroatoms. The molecule has 1 amide bonds. The molecule has 0 aliphatic carbocycles. The van der Waals surface area contributed by atoms with Crippen molar-refractivity contribution in [1.29, 1.82) is 0 Å². The number of methoxy groups -OCH3 is 1. The summed E-state index contributed by atoms with van der Waals surface area (Å²) in [5.41, 5.74) is 5.89. The standard InChI is InChI=1S/C11H22N2O2S/c1-15-7-2-4-10(12)11(14)13-5-3-8-16-9-6-13/h10H,2-9,12H2,1H3. The molecule has 0 aromatic heterocycles. The van der Waals surface area contributed by atoms with Crippen LogP contribution in [0.2, 0.25) is 0 Å². The fraction of sp³-hybridized carbons (Fsp3) is 0.909. The van der Waals surface area contributed by atoms with Crippen molar-refractivity contribution in [1.82, 2.24) is 4.90 Å². The average molecular weight is 246 g/mol. The predicted molar refractivity (Wildman–Crippen MR) is 67.6 cm³/mol. The maximum Gasteiger partial charge on any atom is 0.239 e. The highest BCUT2D eigenvalue weighted by atomic mass is 32.2. The summed E-state index contributed by atoms with van der Waals surface area (Å²) in [6, 6.07) is -0.349. The molecule has 1 saturated heterocycles. The molecule has 0 radical (unpaired) electrons. The first-order chi connectivity index (χ1) is 7.75. The second-order valence-electron chi connectivity index (χ2n) is 4.03. The van der Waals surface area contributed by atoms with Crippen LogP contribution in [-0.2, 0) is 9.53 Å². The van der Waals surface area contributed by atoms with Crippen LogP contribution >= 0.6 is 11.8 Å². The Morgan fingerprint density at radius 3 is 3.06 bits per heavy atom. The quantitative estimate of drug-likeness (QED) is 0.726. The van der Waals surface area contributed by atoms with E-state index in [9.17, 15) is 4.79 Å². The van der Waals surface area contributed by atoms with Crippen molar-refractivity contribution in [3.05, 3.63) is 0 Å². The molecule has 16 heavy (non-hydrogen) atoms. The van der Waals surface area contributed by atoms with Crippen LogP contribution < -0.4 is 5.73 Å². The summed E-state index contributed by atoms with van der Waals surface area (Å²) in [7, 11) is 1.67. The predicted octanol–water partition coefficient (Wildman–Crippen LogP) is 0.706. The summed E-state index contributed by atoms with van der Waals surface area (Å²) in [6.07, 6.45) is 2.66. The molecule has 1 unspecified atom stereocenters. The van der Waals surface area contributed by atoms with E-state index in [4.69, 9.17) is 10.5 Å². The molecular formula is C11H22N2O2S. The van der Waals surface area contributed by atoms with Crippen LogP contribution in [-0.4, -0.2) is 55.2 Å². The Balaban J connectivity index is 2.30. The first-order valence-electron chi connectivity index (χ1n) is 5.86. The van der Waals surface area contributed by atoms with Crippen molar-refractivity contribution in [3.63, 3.8) is 0 Å². The lowest BCUT2D eigenvalue weighted by atomic mass is 10.1. The zero-order valence-corrected chi connectivity index (χ0v) is 10.8. The van der Waals surface area contributed by atoms with Crippen molar-refractivity contribution in [2.45, 2.75) is 25.3 Å². The molecular weight excluding hydrogens is 224 g/mol. The van der Waals surface area contributed by atoms with Crippen molar-refractivity contribution in [3.8, 4) is 0 Å². The Kier molecular flexibility index (Phi) is 6.84. The molecule has 1 fully saturated rings. The maximum atomic E-state index is 12.0. The molecule has 1 aliphatic rings. The van der Waals surface area contributed by atoms with E-state index in [0.717, 1.165) is 43.9 Å². The number of amides is 1. The van der Waals surface area contributed by atoms with Crippen molar-refractivity contribution >= 4 is 17.7 Å². The molecule has 0 bridgehead atoms. The number of nitrogens with zero attached hydrogens (tertiary/aromatic N) is 1. The SMILES string of the molecule is COCCCC(N)C(=O)N1CCCSCC1. The first-order valence-corrected chi connectivity index (χ1v) is 7.02. The number of ether oxygens (including phenoxy) is 1. The largest absolute Gasteiger partial charge is 0.385 e. The van der Waals surface area contributed by atoms with E-state index in [2.05, 4.69) is 0 Å². The summed E-state index contributed by atoms with van der Waals surface area (Å²) >= 11 is 1.92. The summed E-state index contributed by atoms with van der Waals surface area (Å²) < 4.78 is 4.95. The second-order valence-corrected chi connectivity index (χ2v) is 5.26. The number of rotatable bonds is 5. The van der Waals surface area contributed by atoms with E-state index < -0.39 is 0 Å². The molecule has 1 rings (SSSR count). The Morgan fingerprint density at radius 2 is 2.31 bits per heavy atom. The van der Waals surface area contributed by atoms with Crippen LogP contribution in [0.4, 0.5) is 0 Å². The monoisotopic (exact) mass is 246 g/mol. The highest BCUT2D eigenvalue weighted by Gasteiger charge is 2.21. The lowest BCUT2D eigenvalue weighted by molar-refractivity contribution is -0.132. The van der Waals surface area contributed by atoms with Crippen LogP contribution in [0, 0.1) is 0 Å². The fourth-order valence-electron chi connectivity index (χ4n) is 1.77. The van der Waals surface area contributed by atoms with Crippen LogP contribution in [0.5, 0.6) is 0 Å². The maximum absolute atomic E-state index is 12.0. The molecule has 1 heterocycles. The number of carbonyl (C=O) groups excluding carboxylic acids is 1. The van der Waals surface area contributed by atoms with Gasteiger partial charge in [0.15, 0.2) is 0 Å². The van der Waals surface area contributed by atoms with Crippen molar-refractivity contribution < 1.29 is 9.53 Å². The zero-order valence-electron chi connectivity index (χ0n) is 9.98. The molecule has 0 saturated carbocycles. The smallest absolute Gasteiger partial charge is 0.239 e. The van der Waals surface area contributed by atoms with Gasteiger partial charge >= 0.3 is 0 Å². The minimum Gasteiger partial charge on any atom is -0.385 e. The molecule has 0 aromatic rings. The Hall–Kier alpha value is -0.260. The second kappa shape index (κ2) is 7.92. The van der Waals surface area contributed by atoms with Gasteiger partial charge in [-0.25, -0.2) is 0 Å². The Labute approximate surface area is 102 Å². The number of nitrogens with two attached hydrogens (primary N) is 1. The summed E-state index contributed by atoms with van der Waals surface area (Å²) in [5, 5.41) is 0. The Morgan fingerprint density at radius 1 is 1.50 bits per heavy atom. The van der Waals surface area contributed by atoms with E-state index in [1.165, 1.54) is 0 Å². The van der Waals surface area contributed by atoms with Crippen LogP contribution in [0.15, 0.2) is 0 Å². The topological polar surface area (TPSA) is 55.6 Å². The number of hydrogen-bond donors (Lipinski definition) is 1. The average Bonchev–Trinajstić information content (AvgIpc) is 2.56. The van der Waals surface area contributed by atoms with Gasteiger partial charge in [-0.1, -0.05) is 0 Å². The van der Waals surface area contributed by atoms with Gasteiger partial charge in [-0.2, -0.15) is 11.8 Å². The molecule has 1 aliphatic heterocycles.